The monoisotopic (exact) mass is 430 g/mol. The summed E-state index contributed by atoms with van der Waals surface area (Å²) in [5, 5.41) is 28.1. The van der Waals surface area contributed by atoms with Gasteiger partial charge in [0.05, 0.1) is 0 Å². The van der Waals surface area contributed by atoms with Crippen molar-refractivity contribution >= 4 is 23.3 Å². The number of aliphatic hydroxyl groups excluding tert-OH is 1. The lowest BCUT2D eigenvalue weighted by Gasteiger charge is -2.56. The summed E-state index contributed by atoms with van der Waals surface area (Å²) < 4.78 is 0. The second-order valence-electron chi connectivity index (χ2n) is 9.56. The minimum atomic E-state index is -1.62. The fourth-order valence-electron chi connectivity index (χ4n) is 6.62. The molecule has 6 atom stereocenters. The van der Waals surface area contributed by atoms with Crippen molar-refractivity contribution in [3.05, 3.63) is 36.5 Å². The van der Waals surface area contributed by atoms with Crippen LogP contribution >= 0.6 is 0 Å². The van der Waals surface area contributed by atoms with Crippen LogP contribution in [-0.2, 0) is 19.2 Å². The van der Waals surface area contributed by atoms with Crippen molar-refractivity contribution in [1.82, 2.24) is 0 Å². The molecule has 0 spiro atoms. The van der Waals surface area contributed by atoms with E-state index in [4.69, 9.17) is 5.11 Å². The van der Waals surface area contributed by atoms with Crippen LogP contribution in [-0.4, -0.2) is 50.8 Å². The molecule has 0 amide bonds. The lowest BCUT2D eigenvalue weighted by Crippen LogP contribution is -2.60. The van der Waals surface area contributed by atoms with Gasteiger partial charge >= 0.3 is 5.97 Å². The SMILES string of the molecule is C=CC(=O)O.C[C@]12C=CC(=O)C=C1CC[C@@H]1[C@@H]2C(=O)C[C@@]2(C)[C@H]1CC[C@]2(O)C(=O)CO. The first kappa shape index (κ1) is 23.3. The van der Waals surface area contributed by atoms with E-state index in [2.05, 4.69) is 6.58 Å². The Morgan fingerprint density at radius 3 is 2.48 bits per heavy atom. The molecule has 0 aromatic rings. The first-order chi connectivity index (χ1) is 14.4. The van der Waals surface area contributed by atoms with Gasteiger partial charge in [-0.2, -0.15) is 0 Å². The fourth-order valence-corrected chi connectivity index (χ4v) is 6.62. The molecule has 7 nitrogen and oxygen atoms in total. The van der Waals surface area contributed by atoms with Gasteiger partial charge < -0.3 is 15.3 Å². The van der Waals surface area contributed by atoms with Crippen molar-refractivity contribution in [2.24, 2.45) is 28.6 Å². The normalized spacial score (nSPS) is 40.5. The minimum absolute atomic E-state index is 0.0206. The maximum Gasteiger partial charge on any atom is 0.327 e. The Morgan fingerprint density at radius 2 is 1.90 bits per heavy atom. The predicted molar refractivity (Wildman–Crippen MR) is 112 cm³/mol. The Morgan fingerprint density at radius 1 is 1.26 bits per heavy atom. The van der Waals surface area contributed by atoms with Gasteiger partial charge in [-0.1, -0.05) is 32.1 Å². The van der Waals surface area contributed by atoms with E-state index >= 15 is 0 Å². The third-order valence-electron chi connectivity index (χ3n) is 8.19. The van der Waals surface area contributed by atoms with Gasteiger partial charge in [-0.05, 0) is 49.7 Å². The van der Waals surface area contributed by atoms with Crippen molar-refractivity contribution in [3.8, 4) is 0 Å². The van der Waals surface area contributed by atoms with Crippen LogP contribution in [0.1, 0.15) is 46.0 Å². The standard InChI is InChI=1S/C21H26O5.C3H4O2/c1-19-7-5-13(23)9-12(19)3-4-14-15-6-8-21(26,17(25)11-22)20(15,2)10-16(24)18(14)19;1-2-3(4)5/h5,7,9,14-15,18,22,26H,3-4,6,8,10-11H2,1-2H3;2H,1H2,(H,4,5)/t14-,15-,18+,19-,20-,21-;/m0./s1. The summed E-state index contributed by atoms with van der Waals surface area (Å²) in [5.41, 5.74) is -1.86. The topological polar surface area (TPSA) is 129 Å². The number of ketones is 3. The van der Waals surface area contributed by atoms with Crippen LogP contribution in [0, 0.1) is 28.6 Å². The third kappa shape index (κ3) is 3.44. The maximum atomic E-state index is 13.3. The zero-order valence-corrected chi connectivity index (χ0v) is 18.0. The molecule has 3 fully saturated rings. The average Bonchev–Trinajstić information content (AvgIpc) is 2.99. The van der Waals surface area contributed by atoms with Crippen molar-refractivity contribution in [2.75, 3.05) is 6.61 Å². The molecule has 0 aromatic heterocycles. The van der Waals surface area contributed by atoms with E-state index in [1.807, 2.05) is 19.9 Å². The number of carbonyl (C=O) groups excluding carboxylic acids is 3. The molecule has 0 bridgehead atoms. The van der Waals surface area contributed by atoms with E-state index in [-0.39, 0.29) is 35.7 Å². The lowest BCUT2D eigenvalue weighted by molar-refractivity contribution is -0.168. The zero-order valence-electron chi connectivity index (χ0n) is 18.0. The van der Waals surface area contributed by atoms with Gasteiger partial charge in [0.2, 0.25) is 0 Å². The summed E-state index contributed by atoms with van der Waals surface area (Å²) in [6.45, 7) is 6.15. The number of fused-ring (bicyclic) bond motifs is 5. The Kier molecular flexibility index (Phi) is 5.97. The number of Topliss-reactive ketones (excluding diaryl/α,β-unsaturated/α-hetero) is 2. The van der Waals surface area contributed by atoms with E-state index < -0.39 is 34.8 Å². The Labute approximate surface area is 181 Å². The average molecular weight is 430 g/mol. The number of carbonyl (C=O) groups is 4. The Balaban J connectivity index is 0.000000491. The summed E-state index contributed by atoms with van der Waals surface area (Å²) in [7, 11) is 0. The fraction of sp³-hybridized carbons (Fsp3) is 0.583. The van der Waals surface area contributed by atoms with Gasteiger partial charge in [0.15, 0.2) is 11.6 Å². The Bertz CT molecular complexity index is 900. The van der Waals surface area contributed by atoms with Crippen LogP contribution in [0.4, 0.5) is 0 Å². The van der Waals surface area contributed by atoms with Gasteiger partial charge in [-0.3, -0.25) is 14.4 Å². The van der Waals surface area contributed by atoms with Crippen LogP contribution in [0.2, 0.25) is 0 Å². The molecule has 0 aromatic carbocycles. The Hall–Kier alpha value is -2.38. The van der Waals surface area contributed by atoms with Gasteiger partial charge in [0, 0.05) is 29.2 Å². The highest BCUT2D eigenvalue weighted by atomic mass is 16.4. The van der Waals surface area contributed by atoms with Crippen LogP contribution in [0.3, 0.4) is 0 Å². The number of allylic oxidation sites excluding steroid dienone is 4. The highest BCUT2D eigenvalue weighted by Gasteiger charge is 2.68. The molecule has 4 aliphatic rings. The molecule has 0 aliphatic heterocycles. The van der Waals surface area contributed by atoms with Gasteiger partial charge in [0.1, 0.15) is 18.0 Å². The summed E-state index contributed by atoms with van der Waals surface area (Å²) in [5.74, 6) is -1.57. The second-order valence-corrected chi connectivity index (χ2v) is 9.56. The number of carboxylic acids is 1. The van der Waals surface area contributed by atoms with E-state index in [0.29, 0.717) is 12.8 Å². The quantitative estimate of drug-likeness (QED) is 0.584. The number of rotatable bonds is 3. The highest BCUT2D eigenvalue weighted by Crippen LogP contribution is 2.66. The van der Waals surface area contributed by atoms with E-state index in [0.717, 1.165) is 24.5 Å². The van der Waals surface area contributed by atoms with E-state index in [1.54, 1.807) is 12.2 Å². The largest absolute Gasteiger partial charge is 0.478 e. The molecule has 0 heterocycles. The number of hydrogen-bond donors (Lipinski definition) is 3. The summed E-state index contributed by atoms with van der Waals surface area (Å²) >= 11 is 0. The van der Waals surface area contributed by atoms with Crippen molar-refractivity contribution in [1.29, 1.82) is 0 Å². The van der Waals surface area contributed by atoms with E-state index in [1.165, 1.54) is 0 Å². The molecular weight excluding hydrogens is 400 g/mol. The van der Waals surface area contributed by atoms with Gasteiger partial charge in [-0.25, -0.2) is 4.79 Å². The van der Waals surface area contributed by atoms with Gasteiger partial charge in [0.25, 0.3) is 0 Å². The third-order valence-corrected chi connectivity index (χ3v) is 8.19. The van der Waals surface area contributed by atoms with Crippen LogP contribution < -0.4 is 0 Å². The molecule has 4 rings (SSSR count). The molecule has 4 aliphatic carbocycles. The molecule has 168 valence electrons. The number of hydrogen-bond acceptors (Lipinski definition) is 6. The smallest absolute Gasteiger partial charge is 0.327 e. The molecule has 31 heavy (non-hydrogen) atoms. The summed E-state index contributed by atoms with van der Waals surface area (Å²) in [4.78, 5) is 46.6. The van der Waals surface area contributed by atoms with Crippen LogP contribution in [0.5, 0.6) is 0 Å². The molecule has 3 N–H and O–H groups in total. The number of aliphatic carboxylic acids is 1. The van der Waals surface area contributed by atoms with Crippen molar-refractivity contribution < 1.29 is 34.5 Å². The number of carboxylic acid groups (broad SMARTS) is 1. The van der Waals surface area contributed by atoms with Crippen LogP contribution in [0.15, 0.2) is 36.5 Å². The number of aliphatic hydroxyl groups is 2. The molecule has 3 saturated carbocycles. The first-order valence-corrected chi connectivity index (χ1v) is 10.6. The minimum Gasteiger partial charge on any atom is -0.478 e. The molecule has 7 heteroatoms. The highest BCUT2D eigenvalue weighted by molar-refractivity contribution is 6.02. The molecular formula is C24H30O7. The lowest BCUT2D eigenvalue weighted by atomic mass is 9.46. The zero-order chi connectivity index (χ0) is 23.2. The van der Waals surface area contributed by atoms with E-state index in [9.17, 15) is 29.4 Å². The van der Waals surface area contributed by atoms with Crippen molar-refractivity contribution in [3.63, 3.8) is 0 Å². The molecule has 0 saturated heterocycles. The molecule has 0 radical (unpaired) electrons. The van der Waals surface area contributed by atoms with Crippen LogP contribution in [0.25, 0.3) is 0 Å². The maximum absolute atomic E-state index is 13.3. The summed E-state index contributed by atoms with van der Waals surface area (Å²) in [6, 6.07) is 0. The predicted octanol–water partition coefficient (Wildman–Crippen LogP) is 2.02. The van der Waals surface area contributed by atoms with Gasteiger partial charge in [-0.15, -0.1) is 0 Å². The summed E-state index contributed by atoms with van der Waals surface area (Å²) in [6.07, 6.45) is 8.66. The molecule has 0 unspecified atom stereocenters. The first-order valence-electron chi connectivity index (χ1n) is 10.6. The van der Waals surface area contributed by atoms with Crippen molar-refractivity contribution in [2.45, 2.75) is 51.6 Å². The second kappa shape index (κ2) is 7.95.